The Bertz CT molecular complexity index is 1110. The van der Waals surface area contributed by atoms with Crippen molar-refractivity contribution in [2.45, 2.75) is 24.4 Å². The molecule has 33 heavy (non-hydrogen) atoms. The first-order valence-electron chi connectivity index (χ1n) is 10.1. The van der Waals surface area contributed by atoms with Gasteiger partial charge in [0.25, 0.3) is 0 Å². The molecule has 1 atom stereocenters. The van der Waals surface area contributed by atoms with Crippen molar-refractivity contribution >= 4 is 63.2 Å². The Kier molecular flexibility index (Phi) is 6.54. The van der Waals surface area contributed by atoms with Crippen LogP contribution in [-0.4, -0.2) is 63.5 Å². The summed E-state index contributed by atoms with van der Waals surface area (Å²) < 4.78 is 0. The molecule has 1 saturated heterocycles. The van der Waals surface area contributed by atoms with E-state index in [2.05, 4.69) is 20.6 Å². The van der Waals surface area contributed by atoms with Gasteiger partial charge in [-0.3, -0.25) is 9.59 Å². The number of anilines is 3. The largest absolute Gasteiger partial charge is 0.477 e. The number of rotatable bonds is 6. The quantitative estimate of drug-likeness (QED) is 0.398. The number of piperidine rings is 1. The highest BCUT2D eigenvalue weighted by atomic mass is 32.2. The zero-order valence-electron chi connectivity index (χ0n) is 17.5. The normalized spacial score (nSPS) is 19.6. The van der Waals surface area contributed by atoms with Crippen molar-refractivity contribution in [3.8, 4) is 0 Å². The number of amidine groups is 1. The van der Waals surface area contributed by atoms with Gasteiger partial charge in [0.05, 0.1) is 16.9 Å². The number of hydrogen-bond donors (Lipinski definition) is 5. The van der Waals surface area contributed by atoms with Crippen molar-refractivity contribution in [1.29, 1.82) is 0 Å². The summed E-state index contributed by atoms with van der Waals surface area (Å²) in [6, 6.07) is 4.52. The van der Waals surface area contributed by atoms with E-state index in [1.807, 2.05) is 4.90 Å². The maximum atomic E-state index is 12.9. The maximum Gasteiger partial charge on any atom is 0.348 e. The van der Waals surface area contributed by atoms with Gasteiger partial charge in [-0.15, -0.1) is 11.3 Å². The number of carbonyl (C=O) groups is 3. The second-order valence-corrected chi connectivity index (χ2v) is 9.65. The first kappa shape index (κ1) is 23.0. The summed E-state index contributed by atoms with van der Waals surface area (Å²) in [6.07, 6.45) is 2.42. The molecule has 0 aromatic carbocycles. The molecule has 0 radical (unpaired) electrons. The summed E-state index contributed by atoms with van der Waals surface area (Å²) in [4.78, 5) is 46.8. The monoisotopic (exact) mass is 489 g/mol. The lowest BCUT2D eigenvalue weighted by molar-refractivity contribution is -0.123. The molecule has 4 rings (SSSR count). The number of thiophene rings is 1. The highest BCUT2D eigenvalue weighted by molar-refractivity contribution is 8.14. The van der Waals surface area contributed by atoms with Crippen LogP contribution in [0.4, 0.5) is 17.2 Å². The van der Waals surface area contributed by atoms with E-state index in [1.165, 1.54) is 11.8 Å². The van der Waals surface area contributed by atoms with Crippen molar-refractivity contribution in [1.82, 2.24) is 4.98 Å². The Hall–Kier alpha value is -3.16. The number of amides is 2. The van der Waals surface area contributed by atoms with Crippen molar-refractivity contribution in [2.24, 2.45) is 16.5 Å². The molecule has 0 saturated carbocycles. The molecular formula is C20H23N7O4S2. The molecule has 4 heterocycles. The number of carboxylic acid groups (broad SMARTS) is 1. The molecule has 2 aliphatic heterocycles. The lowest BCUT2D eigenvalue weighted by atomic mass is 9.88. The molecular weight excluding hydrogens is 466 g/mol. The Morgan fingerprint density at radius 3 is 2.67 bits per heavy atom. The van der Waals surface area contributed by atoms with Gasteiger partial charge in [0, 0.05) is 25.0 Å². The predicted octanol–water partition coefficient (Wildman–Crippen LogP) is 1.15. The molecule has 7 N–H and O–H groups in total. The van der Waals surface area contributed by atoms with Crippen LogP contribution >= 0.6 is 23.1 Å². The number of nitrogens with zero attached hydrogens (tertiary/aromatic N) is 3. The Morgan fingerprint density at radius 2 is 1.97 bits per heavy atom. The van der Waals surface area contributed by atoms with Crippen LogP contribution in [0.3, 0.4) is 0 Å². The smallest absolute Gasteiger partial charge is 0.348 e. The fraction of sp³-hybridized carbons (Fsp3) is 0.350. The average molecular weight is 490 g/mol. The van der Waals surface area contributed by atoms with Crippen LogP contribution < -0.4 is 27.0 Å². The maximum absolute atomic E-state index is 12.9. The van der Waals surface area contributed by atoms with Crippen molar-refractivity contribution in [3.63, 3.8) is 0 Å². The van der Waals surface area contributed by atoms with Crippen LogP contribution in [0.1, 0.15) is 22.5 Å². The summed E-state index contributed by atoms with van der Waals surface area (Å²) in [5.41, 5.74) is 11.5. The molecule has 2 amide bonds. The van der Waals surface area contributed by atoms with Gasteiger partial charge in [-0.1, -0.05) is 11.8 Å². The number of hydrogen-bond acceptors (Lipinski definition) is 10. The van der Waals surface area contributed by atoms with E-state index in [1.54, 1.807) is 29.8 Å². The first-order chi connectivity index (χ1) is 15.8. The number of nitrogens with one attached hydrogen (secondary N) is 2. The van der Waals surface area contributed by atoms with E-state index in [9.17, 15) is 19.5 Å². The van der Waals surface area contributed by atoms with Crippen LogP contribution in [-0.2, 0) is 9.59 Å². The molecule has 174 valence electrons. The number of thioether (sulfide) groups is 1. The van der Waals surface area contributed by atoms with Crippen molar-refractivity contribution in [3.05, 3.63) is 34.7 Å². The highest BCUT2D eigenvalue weighted by Gasteiger charge is 2.37. The zero-order valence-corrected chi connectivity index (χ0v) is 19.1. The number of carbonyl (C=O) groups excluding carboxylic acids is 2. The number of aromatic carboxylic acids is 1. The van der Waals surface area contributed by atoms with Gasteiger partial charge in [0.1, 0.15) is 10.9 Å². The Morgan fingerprint density at radius 1 is 1.21 bits per heavy atom. The van der Waals surface area contributed by atoms with Crippen LogP contribution in [0.15, 0.2) is 34.8 Å². The summed E-state index contributed by atoms with van der Waals surface area (Å²) in [5.74, 6) is -0.811. The van der Waals surface area contributed by atoms with E-state index < -0.39 is 23.5 Å². The van der Waals surface area contributed by atoms with Crippen molar-refractivity contribution in [2.75, 3.05) is 34.4 Å². The van der Waals surface area contributed by atoms with Crippen LogP contribution in [0, 0.1) is 0 Å². The first-order valence-corrected chi connectivity index (χ1v) is 12.0. The Labute approximate surface area is 197 Å². The highest BCUT2D eigenvalue weighted by Crippen LogP contribution is 2.30. The molecule has 1 unspecified atom stereocenters. The third-order valence-electron chi connectivity index (χ3n) is 5.55. The zero-order chi connectivity index (χ0) is 23.6. The number of nitrogens with two attached hydrogens (primary N) is 2. The SMILES string of the molecule is NC(=O)C1(N)CCN(c2ncccc2NC(=O)C2CSC(Nc3ccsc3C(=O)O)=N2)CC1. The van der Waals surface area contributed by atoms with Gasteiger partial charge in [0.15, 0.2) is 11.0 Å². The minimum atomic E-state index is -1.03. The van der Waals surface area contributed by atoms with Gasteiger partial charge in [0.2, 0.25) is 11.8 Å². The van der Waals surface area contributed by atoms with E-state index in [-0.39, 0.29) is 10.8 Å². The lowest BCUT2D eigenvalue weighted by Gasteiger charge is -2.38. The summed E-state index contributed by atoms with van der Waals surface area (Å²) in [5, 5.41) is 17.3. The van der Waals surface area contributed by atoms with E-state index >= 15 is 0 Å². The van der Waals surface area contributed by atoms with Gasteiger partial charge < -0.3 is 32.1 Å². The van der Waals surface area contributed by atoms with Crippen LogP contribution in [0.25, 0.3) is 0 Å². The van der Waals surface area contributed by atoms with Crippen molar-refractivity contribution < 1.29 is 19.5 Å². The second kappa shape index (κ2) is 9.37. The third-order valence-corrected chi connectivity index (χ3v) is 7.41. The number of aliphatic imine (C=N–C) groups is 1. The number of carboxylic acids is 1. The molecule has 13 heteroatoms. The van der Waals surface area contributed by atoms with E-state index in [4.69, 9.17) is 11.5 Å². The van der Waals surface area contributed by atoms with E-state index in [0.717, 1.165) is 11.3 Å². The minimum Gasteiger partial charge on any atom is -0.477 e. The van der Waals surface area contributed by atoms with Crippen LogP contribution in [0.2, 0.25) is 0 Å². The molecule has 0 aliphatic carbocycles. The predicted molar refractivity (Wildman–Crippen MR) is 129 cm³/mol. The van der Waals surface area contributed by atoms with Gasteiger partial charge >= 0.3 is 5.97 Å². The fourth-order valence-electron chi connectivity index (χ4n) is 3.59. The molecule has 2 aromatic rings. The molecule has 0 spiro atoms. The Balaban J connectivity index is 1.42. The molecule has 1 fully saturated rings. The molecule has 0 bridgehead atoms. The summed E-state index contributed by atoms with van der Waals surface area (Å²) in [7, 11) is 0. The molecule has 2 aliphatic rings. The number of pyridine rings is 1. The standard InChI is InChI=1S/C20H23N7O4S2/c21-18(31)20(22)4-7-27(8-5-20)15-12(2-1-6-23-15)24-16(28)13-10-33-19(26-13)25-11-3-9-32-14(11)17(29)30/h1-3,6,9,13H,4-5,7-8,10,22H2,(H2,21,31)(H,24,28)(H,25,26)(H,29,30). The van der Waals surface area contributed by atoms with Gasteiger partial charge in [-0.2, -0.15) is 0 Å². The third kappa shape index (κ3) is 4.94. The number of primary amides is 1. The minimum absolute atomic E-state index is 0.186. The van der Waals surface area contributed by atoms with E-state index in [0.29, 0.717) is 54.0 Å². The second-order valence-electron chi connectivity index (χ2n) is 7.73. The summed E-state index contributed by atoms with van der Waals surface area (Å²) in [6.45, 7) is 0.967. The average Bonchev–Trinajstić information content (AvgIpc) is 3.45. The van der Waals surface area contributed by atoms with Crippen LogP contribution in [0.5, 0.6) is 0 Å². The summed E-state index contributed by atoms with van der Waals surface area (Å²) >= 11 is 2.46. The van der Waals surface area contributed by atoms with Gasteiger partial charge in [-0.25, -0.2) is 14.8 Å². The van der Waals surface area contributed by atoms with Gasteiger partial charge in [-0.05, 0) is 36.4 Å². The lowest BCUT2D eigenvalue weighted by Crippen LogP contribution is -2.58. The number of aromatic nitrogens is 1. The fourth-order valence-corrected chi connectivity index (χ4v) is 5.20. The molecule has 11 nitrogen and oxygen atoms in total. The topological polar surface area (TPSA) is 176 Å². The molecule has 2 aromatic heterocycles.